The van der Waals surface area contributed by atoms with Crippen LogP contribution in [0.15, 0.2) is 30.3 Å². The predicted octanol–water partition coefficient (Wildman–Crippen LogP) is 2.24. The zero-order chi connectivity index (χ0) is 11.1. The summed E-state index contributed by atoms with van der Waals surface area (Å²) in [5.41, 5.74) is 0.744. The topological polar surface area (TPSA) is 43.4 Å². The van der Waals surface area contributed by atoms with Crippen LogP contribution in [0.2, 0.25) is 3.93 Å². The molecule has 0 radical (unpaired) electrons. The molecule has 0 aromatic heterocycles. The van der Waals surface area contributed by atoms with Crippen molar-refractivity contribution in [2.24, 2.45) is 0 Å². The molecule has 0 bridgehead atoms. The van der Waals surface area contributed by atoms with E-state index in [1.54, 1.807) is 0 Å². The van der Waals surface area contributed by atoms with Crippen molar-refractivity contribution in [3.05, 3.63) is 35.9 Å². The van der Waals surface area contributed by atoms with E-state index < -0.39 is 25.0 Å². The van der Waals surface area contributed by atoms with Crippen LogP contribution < -0.4 is 0 Å². The summed E-state index contributed by atoms with van der Waals surface area (Å²) in [7, 11) is 0. The van der Waals surface area contributed by atoms with Gasteiger partial charge in [0.2, 0.25) is 0 Å². The molecule has 0 spiro atoms. The molecule has 3 nitrogen and oxygen atoms in total. The van der Waals surface area contributed by atoms with Crippen molar-refractivity contribution in [1.29, 1.82) is 0 Å². The number of Topliss-reactive ketones (excluding diaryl/α,β-unsaturated/α-hetero) is 1. The third-order valence-electron chi connectivity index (χ3n) is 1.95. The fourth-order valence-electron chi connectivity index (χ4n) is 1.22. The molecule has 0 aliphatic heterocycles. The number of carbonyl (C=O) groups is 2. The third-order valence-corrected chi connectivity index (χ3v) is 6.82. The Bertz CT molecular complexity index is 335. The van der Waals surface area contributed by atoms with Gasteiger partial charge in [0.15, 0.2) is 0 Å². The Morgan fingerprint density at radius 1 is 1.27 bits per heavy atom. The van der Waals surface area contributed by atoms with Crippen molar-refractivity contribution in [3.8, 4) is 0 Å². The fourth-order valence-corrected chi connectivity index (χ4v) is 4.71. The molecule has 0 aliphatic rings. The summed E-state index contributed by atoms with van der Waals surface area (Å²) in [4.78, 5) is 22.1. The second-order valence-electron chi connectivity index (χ2n) is 3.23. The van der Waals surface area contributed by atoms with Crippen LogP contribution in [-0.2, 0) is 32.5 Å². The molecule has 0 saturated carbocycles. The van der Waals surface area contributed by atoms with E-state index in [4.69, 9.17) is 2.64 Å². The molecule has 0 fully saturated rings. The standard InChI is InChI=1S/C9H9O.C2H4O2.Hg/c1-2-9(10)8-6-4-3-5-7-8;1-2(3)4;/h3-7H,1-2H2;1H3,(H,3,4);/q;;+1/p-1. The normalized spacial score (nSPS) is 9.13. The Morgan fingerprint density at radius 3 is 2.53 bits per heavy atom. The first-order valence-electron chi connectivity index (χ1n) is 4.92. The average molecular weight is 393 g/mol. The van der Waals surface area contributed by atoms with Crippen LogP contribution in [0.4, 0.5) is 0 Å². The van der Waals surface area contributed by atoms with Crippen molar-refractivity contribution in [2.45, 2.75) is 17.3 Å². The van der Waals surface area contributed by atoms with Crippen molar-refractivity contribution in [1.82, 2.24) is 0 Å². The third kappa shape index (κ3) is 5.07. The van der Waals surface area contributed by atoms with Gasteiger partial charge in [0.05, 0.1) is 0 Å². The average Bonchev–Trinajstić information content (AvgIpc) is 2.25. The van der Waals surface area contributed by atoms with Gasteiger partial charge in [0, 0.05) is 0 Å². The first-order valence-corrected chi connectivity index (χ1v) is 11.0. The number of benzene rings is 1. The van der Waals surface area contributed by atoms with Crippen LogP contribution in [0, 0.1) is 0 Å². The summed E-state index contributed by atoms with van der Waals surface area (Å²) >= 11 is -1.55. The summed E-state index contributed by atoms with van der Waals surface area (Å²) in [6.07, 6.45) is 0.513. The van der Waals surface area contributed by atoms with Gasteiger partial charge in [-0.15, -0.1) is 0 Å². The minimum absolute atomic E-state index is 0.141. The molecule has 0 N–H and O–H groups in total. The van der Waals surface area contributed by atoms with Crippen LogP contribution in [0.3, 0.4) is 0 Å². The minimum atomic E-state index is -1.55. The van der Waals surface area contributed by atoms with Crippen LogP contribution >= 0.6 is 0 Å². The number of ketones is 1. The van der Waals surface area contributed by atoms with E-state index in [0.29, 0.717) is 6.42 Å². The molecule has 4 heteroatoms. The zero-order valence-electron chi connectivity index (χ0n) is 8.73. The van der Waals surface area contributed by atoms with Crippen LogP contribution in [0.1, 0.15) is 23.7 Å². The quantitative estimate of drug-likeness (QED) is 0.438. The van der Waals surface area contributed by atoms with Crippen LogP contribution in [0.25, 0.3) is 0 Å². The van der Waals surface area contributed by atoms with Crippen molar-refractivity contribution < 1.29 is 37.3 Å². The van der Waals surface area contributed by atoms with Gasteiger partial charge in [-0.05, 0) is 0 Å². The van der Waals surface area contributed by atoms with E-state index in [2.05, 4.69) is 0 Å². The van der Waals surface area contributed by atoms with Gasteiger partial charge in [0.1, 0.15) is 0 Å². The Morgan fingerprint density at radius 2 is 1.93 bits per heavy atom. The molecule has 15 heavy (non-hydrogen) atoms. The number of carbonyl (C=O) groups excluding carboxylic acids is 2. The van der Waals surface area contributed by atoms with E-state index in [0.717, 1.165) is 9.49 Å². The molecule has 0 amide bonds. The van der Waals surface area contributed by atoms with Gasteiger partial charge >= 0.3 is 102 Å². The van der Waals surface area contributed by atoms with E-state index in [1.807, 2.05) is 30.3 Å². The molecule has 0 unspecified atom stereocenters. The molecule has 0 heterocycles. The molecule has 0 saturated heterocycles. The van der Waals surface area contributed by atoms with E-state index >= 15 is 0 Å². The van der Waals surface area contributed by atoms with Crippen molar-refractivity contribution in [2.75, 3.05) is 0 Å². The molecule has 0 aliphatic carbocycles. The first-order chi connectivity index (χ1) is 7.20. The molecule has 1 aromatic rings. The Kier molecular flexibility index (Phi) is 5.54. The molecular formula is C11H12HgO3. The maximum absolute atomic E-state index is 11.6. The van der Waals surface area contributed by atoms with Gasteiger partial charge in [-0.25, -0.2) is 0 Å². The van der Waals surface area contributed by atoms with Crippen molar-refractivity contribution >= 4 is 11.8 Å². The molecule has 1 aromatic carbocycles. The molecule has 1 rings (SSSR count). The maximum atomic E-state index is 11.6. The second-order valence-corrected chi connectivity index (χ2v) is 8.69. The number of hydrogen-bond donors (Lipinski definition) is 0. The van der Waals surface area contributed by atoms with Crippen LogP contribution in [0.5, 0.6) is 0 Å². The van der Waals surface area contributed by atoms with Gasteiger partial charge in [0.25, 0.3) is 0 Å². The van der Waals surface area contributed by atoms with Gasteiger partial charge in [-0.3, -0.25) is 0 Å². The Hall–Kier alpha value is -0.705. The summed E-state index contributed by atoms with van der Waals surface area (Å²) < 4.78 is 5.76. The van der Waals surface area contributed by atoms with E-state index in [1.165, 1.54) is 6.92 Å². The zero-order valence-corrected chi connectivity index (χ0v) is 14.2. The van der Waals surface area contributed by atoms with Crippen molar-refractivity contribution in [3.63, 3.8) is 0 Å². The summed E-state index contributed by atoms with van der Waals surface area (Å²) in [5, 5.41) is 0. The number of rotatable bonds is 5. The Balaban J connectivity index is 2.28. The predicted molar refractivity (Wildman–Crippen MR) is 52.0 cm³/mol. The fraction of sp³-hybridized carbons (Fsp3) is 0.273. The van der Waals surface area contributed by atoms with Crippen LogP contribution in [-0.4, -0.2) is 11.8 Å². The summed E-state index contributed by atoms with van der Waals surface area (Å²) in [6.45, 7) is 1.42. The van der Waals surface area contributed by atoms with E-state index in [9.17, 15) is 9.59 Å². The monoisotopic (exact) mass is 394 g/mol. The van der Waals surface area contributed by atoms with E-state index in [-0.39, 0.29) is 11.8 Å². The molecule has 76 valence electrons. The number of hydrogen-bond acceptors (Lipinski definition) is 3. The second kappa shape index (κ2) is 6.72. The van der Waals surface area contributed by atoms with Gasteiger partial charge < -0.3 is 0 Å². The first kappa shape index (κ1) is 12.4. The summed E-state index contributed by atoms with van der Waals surface area (Å²) in [6, 6.07) is 9.21. The Labute approximate surface area is 102 Å². The molecular weight excluding hydrogens is 381 g/mol. The summed E-state index contributed by atoms with van der Waals surface area (Å²) in [5.74, 6) is -0.0634. The SMILES string of the molecule is CC(=O)[O][Hg][CH2]CC(=O)c1ccccc1. The van der Waals surface area contributed by atoms with Gasteiger partial charge in [-0.2, -0.15) is 0 Å². The molecule has 0 atom stereocenters. The van der Waals surface area contributed by atoms with Gasteiger partial charge in [-0.1, -0.05) is 0 Å².